The minimum atomic E-state index is 0.0194. The molecule has 1 aromatic rings. The summed E-state index contributed by atoms with van der Waals surface area (Å²) in [6, 6.07) is 7.64. The molecule has 1 amide bonds. The molecule has 20 heavy (non-hydrogen) atoms. The second kappa shape index (κ2) is 7.67. The summed E-state index contributed by atoms with van der Waals surface area (Å²) in [4.78, 5) is 12.3. The van der Waals surface area contributed by atoms with Crippen molar-refractivity contribution in [3.63, 3.8) is 0 Å². The minimum Gasteiger partial charge on any atom is -0.494 e. The Balaban J connectivity index is 1.96. The van der Waals surface area contributed by atoms with E-state index in [0.29, 0.717) is 24.1 Å². The Bertz CT molecular complexity index is 433. The van der Waals surface area contributed by atoms with Crippen LogP contribution in [0.5, 0.6) is 5.75 Å². The van der Waals surface area contributed by atoms with Gasteiger partial charge in [0.25, 0.3) is 5.91 Å². The van der Waals surface area contributed by atoms with Gasteiger partial charge in [-0.05, 0) is 49.9 Å². The Morgan fingerprint density at radius 1 is 1.30 bits per heavy atom. The molecule has 1 saturated carbocycles. The fourth-order valence-electron chi connectivity index (χ4n) is 2.70. The van der Waals surface area contributed by atoms with Crippen LogP contribution in [-0.4, -0.2) is 23.9 Å². The number of ether oxygens (including phenoxy) is 1. The smallest absolute Gasteiger partial charge is 0.251 e. The third kappa shape index (κ3) is 3.98. The van der Waals surface area contributed by atoms with Gasteiger partial charge in [-0.2, -0.15) is 0 Å². The van der Waals surface area contributed by atoms with Crippen LogP contribution in [0.4, 0.5) is 0 Å². The van der Waals surface area contributed by atoms with E-state index in [4.69, 9.17) is 4.74 Å². The average molecular weight is 340 g/mol. The van der Waals surface area contributed by atoms with Crippen molar-refractivity contribution < 1.29 is 9.53 Å². The van der Waals surface area contributed by atoms with Gasteiger partial charge in [0.2, 0.25) is 0 Å². The summed E-state index contributed by atoms with van der Waals surface area (Å²) >= 11 is 3.56. The maximum absolute atomic E-state index is 12.3. The number of rotatable bonds is 5. The molecule has 1 N–H and O–H groups in total. The summed E-state index contributed by atoms with van der Waals surface area (Å²) in [5.74, 6) is 1.38. The first-order chi connectivity index (χ1) is 9.74. The van der Waals surface area contributed by atoms with E-state index in [1.54, 1.807) is 0 Å². The van der Waals surface area contributed by atoms with Crippen molar-refractivity contribution in [1.82, 2.24) is 5.32 Å². The Hall–Kier alpha value is -1.03. The van der Waals surface area contributed by atoms with Gasteiger partial charge in [0, 0.05) is 16.9 Å². The van der Waals surface area contributed by atoms with Crippen LogP contribution in [0.1, 0.15) is 43.0 Å². The number of halogens is 1. The largest absolute Gasteiger partial charge is 0.494 e. The quantitative estimate of drug-likeness (QED) is 0.829. The number of nitrogens with one attached hydrogen (secondary N) is 1. The van der Waals surface area contributed by atoms with Crippen molar-refractivity contribution in [1.29, 1.82) is 0 Å². The Morgan fingerprint density at radius 2 is 2.00 bits per heavy atom. The predicted molar refractivity (Wildman–Crippen MR) is 84.6 cm³/mol. The second-order valence-electron chi connectivity index (χ2n) is 5.24. The highest BCUT2D eigenvalue weighted by Gasteiger charge is 2.25. The van der Waals surface area contributed by atoms with Gasteiger partial charge in [-0.1, -0.05) is 28.8 Å². The molecule has 1 fully saturated rings. The molecule has 0 bridgehead atoms. The van der Waals surface area contributed by atoms with Crippen LogP contribution in [0.2, 0.25) is 0 Å². The molecule has 1 aliphatic rings. The average Bonchev–Trinajstić information content (AvgIpc) is 2.49. The summed E-state index contributed by atoms with van der Waals surface area (Å²) < 4.78 is 5.39. The maximum Gasteiger partial charge on any atom is 0.251 e. The third-order valence-electron chi connectivity index (χ3n) is 3.85. The molecule has 1 aromatic carbocycles. The molecule has 2 atom stereocenters. The summed E-state index contributed by atoms with van der Waals surface area (Å²) in [6.07, 6.45) is 4.75. The van der Waals surface area contributed by atoms with E-state index in [2.05, 4.69) is 21.2 Å². The Morgan fingerprint density at radius 3 is 2.65 bits per heavy atom. The van der Waals surface area contributed by atoms with Gasteiger partial charge in [-0.25, -0.2) is 0 Å². The van der Waals surface area contributed by atoms with Crippen LogP contribution >= 0.6 is 15.9 Å². The Labute approximate surface area is 129 Å². The van der Waals surface area contributed by atoms with Crippen LogP contribution in [-0.2, 0) is 0 Å². The van der Waals surface area contributed by atoms with Crippen LogP contribution in [0.3, 0.4) is 0 Å². The molecule has 3 nitrogen and oxygen atoms in total. The number of hydrogen-bond acceptors (Lipinski definition) is 2. The van der Waals surface area contributed by atoms with E-state index in [1.165, 1.54) is 19.3 Å². The van der Waals surface area contributed by atoms with Crippen molar-refractivity contribution in [2.75, 3.05) is 11.9 Å². The molecule has 0 aromatic heterocycles. The molecule has 0 heterocycles. The molecule has 0 aliphatic heterocycles. The van der Waals surface area contributed by atoms with Crippen molar-refractivity contribution in [3.05, 3.63) is 29.8 Å². The van der Waals surface area contributed by atoms with Crippen molar-refractivity contribution >= 4 is 21.8 Å². The summed E-state index contributed by atoms with van der Waals surface area (Å²) in [6.45, 7) is 2.59. The molecule has 2 unspecified atom stereocenters. The first-order valence-electron chi connectivity index (χ1n) is 7.34. The molecule has 4 heteroatoms. The molecule has 1 aliphatic carbocycles. The van der Waals surface area contributed by atoms with Crippen molar-refractivity contribution in [2.24, 2.45) is 5.92 Å². The molecule has 0 saturated heterocycles. The number of alkyl halides is 1. The fraction of sp³-hybridized carbons (Fsp3) is 0.562. The van der Waals surface area contributed by atoms with E-state index >= 15 is 0 Å². The topological polar surface area (TPSA) is 38.3 Å². The Kier molecular flexibility index (Phi) is 5.89. The van der Waals surface area contributed by atoms with Gasteiger partial charge in [-0.3, -0.25) is 4.79 Å². The van der Waals surface area contributed by atoms with Gasteiger partial charge in [0.05, 0.1) is 6.61 Å². The number of carbonyl (C=O) groups excluding carboxylic acids is 1. The normalized spacial score (nSPS) is 22.3. The minimum absolute atomic E-state index is 0.0194. The zero-order chi connectivity index (χ0) is 14.4. The van der Waals surface area contributed by atoms with Gasteiger partial charge in [-0.15, -0.1) is 0 Å². The van der Waals surface area contributed by atoms with Crippen LogP contribution < -0.4 is 10.1 Å². The van der Waals surface area contributed by atoms with Gasteiger partial charge >= 0.3 is 0 Å². The highest BCUT2D eigenvalue weighted by atomic mass is 79.9. The van der Waals surface area contributed by atoms with Gasteiger partial charge < -0.3 is 10.1 Å². The van der Waals surface area contributed by atoms with E-state index in [1.807, 2.05) is 31.2 Å². The van der Waals surface area contributed by atoms with E-state index in [0.717, 1.165) is 17.5 Å². The molecular formula is C16H22BrNO2. The highest BCUT2D eigenvalue weighted by molar-refractivity contribution is 9.09. The highest BCUT2D eigenvalue weighted by Crippen LogP contribution is 2.26. The van der Waals surface area contributed by atoms with Crippen LogP contribution in [0.15, 0.2) is 24.3 Å². The zero-order valence-electron chi connectivity index (χ0n) is 11.9. The first-order valence-corrected chi connectivity index (χ1v) is 8.46. The molecule has 110 valence electrons. The fourth-order valence-corrected chi connectivity index (χ4v) is 3.48. The molecular weight excluding hydrogens is 318 g/mol. The summed E-state index contributed by atoms with van der Waals surface area (Å²) in [5, 5.41) is 4.14. The van der Waals surface area contributed by atoms with E-state index < -0.39 is 0 Å². The lowest BCUT2D eigenvalue weighted by molar-refractivity contribution is 0.0911. The molecule has 2 rings (SSSR count). The van der Waals surface area contributed by atoms with Crippen molar-refractivity contribution in [2.45, 2.75) is 38.6 Å². The van der Waals surface area contributed by atoms with E-state index in [-0.39, 0.29) is 5.91 Å². The zero-order valence-corrected chi connectivity index (χ0v) is 13.5. The molecule has 0 spiro atoms. The van der Waals surface area contributed by atoms with Crippen LogP contribution in [0, 0.1) is 5.92 Å². The van der Waals surface area contributed by atoms with E-state index in [9.17, 15) is 4.79 Å². The lowest BCUT2D eigenvalue weighted by Crippen LogP contribution is -2.42. The number of amides is 1. The third-order valence-corrected chi connectivity index (χ3v) is 4.68. The second-order valence-corrected chi connectivity index (χ2v) is 5.88. The SMILES string of the molecule is CCOc1ccc(C(=O)NC2CCCCC2CBr)cc1. The van der Waals surface area contributed by atoms with Gasteiger partial charge in [0.15, 0.2) is 0 Å². The summed E-state index contributed by atoms with van der Waals surface area (Å²) in [7, 11) is 0. The van der Waals surface area contributed by atoms with Crippen LogP contribution in [0.25, 0.3) is 0 Å². The first kappa shape index (κ1) is 15.4. The lowest BCUT2D eigenvalue weighted by Gasteiger charge is -2.31. The van der Waals surface area contributed by atoms with Crippen molar-refractivity contribution in [3.8, 4) is 5.75 Å². The summed E-state index contributed by atoms with van der Waals surface area (Å²) in [5.41, 5.74) is 0.701. The van der Waals surface area contributed by atoms with Gasteiger partial charge in [0.1, 0.15) is 5.75 Å². The monoisotopic (exact) mass is 339 g/mol. The standard InChI is InChI=1S/C16H22BrNO2/c1-2-20-14-9-7-12(8-10-14)16(19)18-15-6-4-3-5-13(15)11-17/h7-10,13,15H,2-6,11H2,1H3,(H,18,19). The number of carbonyl (C=O) groups is 1. The number of benzene rings is 1. The predicted octanol–water partition coefficient (Wildman–Crippen LogP) is 3.77. The molecule has 0 radical (unpaired) electrons. The number of hydrogen-bond donors (Lipinski definition) is 1. The maximum atomic E-state index is 12.3. The lowest BCUT2D eigenvalue weighted by atomic mass is 9.86.